The molecule has 0 saturated carbocycles. The summed E-state index contributed by atoms with van der Waals surface area (Å²) in [4.78, 5) is 4.44. The van der Waals surface area contributed by atoms with E-state index in [1.807, 2.05) is 36.4 Å². The van der Waals surface area contributed by atoms with E-state index in [0.717, 1.165) is 29.3 Å². The third-order valence-corrected chi connectivity index (χ3v) is 3.10. The smallest absolute Gasteiger partial charge is 0.122 e. The molecule has 1 aromatic carbocycles. The summed E-state index contributed by atoms with van der Waals surface area (Å²) in [7, 11) is 3.31. The lowest BCUT2D eigenvalue weighted by Crippen LogP contribution is -2.23. The SMILES string of the molecule is CCNC(c1cc(OC)cc(OC)c1)c1ccccn1. The zero-order valence-electron chi connectivity index (χ0n) is 12.1. The van der Waals surface area contributed by atoms with Crippen molar-refractivity contribution in [3.63, 3.8) is 0 Å². The molecule has 1 aromatic heterocycles. The van der Waals surface area contributed by atoms with Gasteiger partial charge in [0.2, 0.25) is 0 Å². The normalized spacial score (nSPS) is 11.9. The van der Waals surface area contributed by atoms with Crippen LogP contribution >= 0.6 is 0 Å². The van der Waals surface area contributed by atoms with Crippen LogP contribution in [0.4, 0.5) is 0 Å². The minimum absolute atomic E-state index is 0.0187. The summed E-state index contributed by atoms with van der Waals surface area (Å²) in [5.41, 5.74) is 2.05. The number of aromatic nitrogens is 1. The highest BCUT2D eigenvalue weighted by Crippen LogP contribution is 2.29. The molecule has 0 radical (unpaired) electrons. The molecule has 0 amide bonds. The number of hydrogen-bond acceptors (Lipinski definition) is 4. The third kappa shape index (κ3) is 3.27. The maximum atomic E-state index is 5.33. The Morgan fingerprint density at radius 1 is 1.10 bits per heavy atom. The molecule has 4 heteroatoms. The van der Waals surface area contributed by atoms with E-state index in [0.29, 0.717) is 0 Å². The van der Waals surface area contributed by atoms with E-state index < -0.39 is 0 Å². The van der Waals surface area contributed by atoms with Gasteiger partial charge in [-0.15, -0.1) is 0 Å². The van der Waals surface area contributed by atoms with E-state index in [1.54, 1.807) is 20.4 Å². The monoisotopic (exact) mass is 272 g/mol. The highest BCUT2D eigenvalue weighted by atomic mass is 16.5. The van der Waals surface area contributed by atoms with Gasteiger partial charge in [-0.1, -0.05) is 13.0 Å². The van der Waals surface area contributed by atoms with Crippen molar-refractivity contribution < 1.29 is 9.47 Å². The minimum atomic E-state index is 0.0187. The first kappa shape index (κ1) is 14.3. The molecule has 4 nitrogen and oxygen atoms in total. The summed E-state index contributed by atoms with van der Waals surface area (Å²) in [5, 5.41) is 3.44. The number of hydrogen-bond donors (Lipinski definition) is 1. The summed E-state index contributed by atoms with van der Waals surface area (Å²) in [6.45, 7) is 2.92. The summed E-state index contributed by atoms with van der Waals surface area (Å²) < 4.78 is 10.7. The van der Waals surface area contributed by atoms with Crippen molar-refractivity contribution in [1.82, 2.24) is 10.3 Å². The molecule has 1 N–H and O–H groups in total. The largest absolute Gasteiger partial charge is 0.497 e. The molecule has 1 unspecified atom stereocenters. The second kappa shape index (κ2) is 6.91. The van der Waals surface area contributed by atoms with Crippen molar-refractivity contribution in [3.8, 4) is 11.5 Å². The first-order valence-corrected chi connectivity index (χ1v) is 6.65. The summed E-state index contributed by atoms with van der Waals surface area (Å²) >= 11 is 0. The van der Waals surface area contributed by atoms with E-state index >= 15 is 0 Å². The fourth-order valence-corrected chi connectivity index (χ4v) is 2.14. The maximum Gasteiger partial charge on any atom is 0.122 e. The van der Waals surface area contributed by atoms with Gasteiger partial charge >= 0.3 is 0 Å². The highest BCUT2D eigenvalue weighted by Gasteiger charge is 2.16. The fourth-order valence-electron chi connectivity index (χ4n) is 2.14. The van der Waals surface area contributed by atoms with Crippen molar-refractivity contribution in [2.24, 2.45) is 0 Å². The Labute approximate surface area is 119 Å². The van der Waals surface area contributed by atoms with Crippen LogP contribution in [0, 0.1) is 0 Å². The lowest BCUT2D eigenvalue weighted by Gasteiger charge is -2.19. The molecule has 0 fully saturated rings. The Morgan fingerprint density at radius 2 is 1.80 bits per heavy atom. The third-order valence-electron chi connectivity index (χ3n) is 3.10. The summed E-state index contributed by atoms with van der Waals surface area (Å²) in [6, 6.07) is 11.8. The van der Waals surface area contributed by atoms with Gasteiger partial charge in [-0.05, 0) is 36.4 Å². The Bertz CT molecular complexity index is 521. The molecule has 2 aromatic rings. The summed E-state index contributed by atoms with van der Waals surface area (Å²) in [5.74, 6) is 1.55. The van der Waals surface area contributed by atoms with Gasteiger partial charge in [0.1, 0.15) is 11.5 Å². The molecule has 0 spiro atoms. The van der Waals surface area contributed by atoms with Gasteiger partial charge in [0.25, 0.3) is 0 Å². The van der Waals surface area contributed by atoms with Gasteiger partial charge in [-0.25, -0.2) is 0 Å². The standard InChI is InChI=1S/C16H20N2O2/c1-4-17-16(15-7-5-6-8-18-15)12-9-13(19-2)11-14(10-12)20-3/h5-11,16-17H,4H2,1-3H3. The lowest BCUT2D eigenvalue weighted by atomic mass is 10.0. The Balaban J connectivity index is 2.43. The van der Waals surface area contributed by atoms with Crippen LogP contribution < -0.4 is 14.8 Å². The topological polar surface area (TPSA) is 43.4 Å². The first-order valence-electron chi connectivity index (χ1n) is 6.65. The molecule has 20 heavy (non-hydrogen) atoms. The predicted octanol–water partition coefficient (Wildman–Crippen LogP) is 2.80. The van der Waals surface area contributed by atoms with Gasteiger partial charge in [-0.2, -0.15) is 0 Å². The zero-order valence-corrected chi connectivity index (χ0v) is 12.1. The van der Waals surface area contributed by atoms with Gasteiger partial charge in [0, 0.05) is 12.3 Å². The van der Waals surface area contributed by atoms with Crippen molar-refractivity contribution in [1.29, 1.82) is 0 Å². The quantitative estimate of drug-likeness (QED) is 0.878. The van der Waals surface area contributed by atoms with Crippen molar-refractivity contribution in [3.05, 3.63) is 53.9 Å². The Hall–Kier alpha value is -2.07. The van der Waals surface area contributed by atoms with E-state index in [-0.39, 0.29) is 6.04 Å². The van der Waals surface area contributed by atoms with Crippen LogP contribution in [0.2, 0.25) is 0 Å². The molecule has 106 valence electrons. The van der Waals surface area contributed by atoms with E-state index in [2.05, 4.69) is 17.2 Å². The van der Waals surface area contributed by atoms with Gasteiger partial charge in [0.05, 0.1) is 26.0 Å². The van der Waals surface area contributed by atoms with Crippen LogP contribution in [0.5, 0.6) is 11.5 Å². The number of pyridine rings is 1. The number of nitrogens with zero attached hydrogens (tertiary/aromatic N) is 1. The summed E-state index contributed by atoms with van der Waals surface area (Å²) in [6.07, 6.45) is 1.80. The number of benzene rings is 1. The molecule has 0 aliphatic rings. The molecule has 1 atom stereocenters. The molecule has 0 saturated heterocycles. The molecule has 1 heterocycles. The Kier molecular flexibility index (Phi) is 4.96. The van der Waals surface area contributed by atoms with Crippen LogP contribution in [0.3, 0.4) is 0 Å². The van der Waals surface area contributed by atoms with Crippen molar-refractivity contribution >= 4 is 0 Å². The number of ether oxygens (including phenoxy) is 2. The highest BCUT2D eigenvalue weighted by molar-refractivity contribution is 5.42. The molecular weight excluding hydrogens is 252 g/mol. The van der Waals surface area contributed by atoms with E-state index in [9.17, 15) is 0 Å². The fraction of sp³-hybridized carbons (Fsp3) is 0.312. The number of methoxy groups -OCH3 is 2. The Morgan fingerprint density at radius 3 is 2.30 bits per heavy atom. The van der Waals surface area contributed by atoms with E-state index in [4.69, 9.17) is 9.47 Å². The zero-order chi connectivity index (χ0) is 14.4. The molecule has 0 bridgehead atoms. The average Bonchev–Trinajstić information content (AvgIpc) is 2.52. The maximum absolute atomic E-state index is 5.33. The minimum Gasteiger partial charge on any atom is -0.497 e. The van der Waals surface area contributed by atoms with Crippen LogP contribution in [0.15, 0.2) is 42.6 Å². The average molecular weight is 272 g/mol. The van der Waals surface area contributed by atoms with Crippen LogP contribution in [-0.2, 0) is 0 Å². The second-order valence-electron chi connectivity index (χ2n) is 4.39. The first-order chi connectivity index (χ1) is 9.78. The number of nitrogens with one attached hydrogen (secondary N) is 1. The van der Waals surface area contributed by atoms with Gasteiger partial charge < -0.3 is 14.8 Å². The lowest BCUT2D eigenvalue weighted by molar-refractivity contribution is 0.392. The molecule has 0 aliphatic heterocycles. The van der Waals surface area contributed by atoms with E-state index in [1.165, 1.54) is 0 Å². The van der Waals surface area contributed by atoms with Crippen LogP contribution in [0.25, 0.3) is 0 Å². The molecule has 0 aliphatic carbocycles. The number of rotatable bonds is 6. The predicted molar refractivity (Wildman–Crippen MR) is 79.3 cm³/mol. The van der Waals surface area contributed by atoms with Crippen molar-refractivity contribution in [2.75, 3.05) is 20.8 Å². The second-order valence-corrected chi connectivity index (χ2v) is 4.39. The van der Waals surface area contributed by atoms with Gasteiger partial charge in [-0.3, -0.25) is 4.98 Å². The van der Waals surface area contributed by atoms with Crippen LogP contribution in [0.1, 0.15) is 24.2 Å². The van der Waals surface area contributed by atoms with Gasteiger partial charge in [0.15, 0.2) is 0 Å². The molecule has 2 rings (SSSR count). The van der Waals surface area contributed by atoms with Crippen molar-refractivity contribution in [2.45, 2.75) is 13.0 Å². The molecular formula is C16H20N2O2. The van der Waals surface area contributed by atoms with Crippen LogP contribution in [-0.4, -0.2) is 25.7 Å².